The Hall–Kier alpha value is -3.40. The van der Waals surface area contributed by atoms with E-state index in [1.165, 1.54) is 17.7 Å². The first-order valence-corrected chi connectivity index (χ1v) is 10.2. The summed E-state index contributed by atoms with van der Waals surface area (Å²) in [4.78, 5) is 26.1. The molecule has 1 atom stereocenters. The Balaban J connectivity index is 1.99. The van der Waals surface area contributed by atoms with Crippen LogP contribution in [0, 0.1) is 5.92 Å². The molecule has 0 aromatic heterocycles. The Morgan fingerprint density at radius 1 is 0.900 bits per heavy atom. The molecule has 0 radical (unpaired) electrons. The van der Waals surface area contributed by atoms with Gasteiger partial charge in [0.15, 0.2) is 11.6 Å². The molecule has 0 saturated heterocycles. The summed E-state index contributed by atoms with van der Waals surface area (Å²) in [5.74, 6) is 0.510. The van der Waals surface area contributed by atoms with Gasteiger partial charge in [0.25, 0.3) is 0 Å². The van der Waals surface area contributed by atoms with Gasteiger partial charge in [-0.15, -0.1) is 0 Å². The second kappa shape index (κ2) is 8.54. The first-order valence-electron chi connectivity index (χ1n) is 10.2. The number of nitrogens with one attached hydrogen (secondary N) is 1. The standard InChI is InChI=1S/C26H28N2O2/c1-6-19-20(7-2)26(30)24-22(13-12-21(27)23(24)25(19)29)28-18-10-8-17(9-11-18)16(5)14-15(3)4/h6-13,15-16,28H,1-2,14,27H2,3-5H3. The highest BCUT2D eigenvalue weighted by atomic mass is 16.1. The third-order valence-electron chi connectivity index (χ3n) is 5.46. The molecule has 1 aliphatic rings. The summed E-state index contributed by atoms with van der Waals surface area (Å²) in [7, 11) is 0. The summed E-state index contributed by atoms with van der Waals surface area (Å²) in [5, 5.41) is 3.28. The number of hydrogen-bond acceptors (Lipinski definition) is 4. The predicted octanol–water partition coefficient (Wildman–Crippen LogP) is 6.21. The van der Waals surface area contributed by atoms with Crippen LogP contribution in [0.3, 0.4) is 0 Å². The van der Waals surface area contributed by atoms with Gasteiger partial charge >= 0.3 is 0 Å². The minimum Gasteiger partial charge on any atom is -0.398 e. The van der Waals surface area contributed by atoms with Crippen LogP contribution < -0.4 is 11.1 Å². The van der Waals surface area contributed by atoms with Crippen LogP contribution in [0.25, 0.3) is 0 Å². The average Bonchev–Trinajstić information content (AvgIpc) is 2.71. The van der Waals surface area contributed by atoms with Crippen LogP contribution in [0.4, 0.5) is 17.1 Å². The molecule has 0 fully saturated rings. The lowest BCUT2D eigenvalue weighted by atomic mass is 9.82. The topological polar surface area (TPSA) is 72.2 Å². The average molecular weight is 401 g/mol. The zero-order valence-corrected chi connectivity index (χ0v) is 17.8. The number of benzene rings is 2. The lowest BCUT2D eigenvalue weighted by Gasteiger charge is -2.22. The number of rotatable bonds is 7. The molecule has 3 rings (SSSR count). The SMILES string of the molecule is C=CC1=C(C=C)C(=O)c2c(Nc3ccc(C(C)CC(C)C)cc3)ccc(N)c2C1=O. The molecule has 30 heavy (non-hydrogen) atoms. The number of fused-ring (bicyclic) bond motifs is 1. The number of hydrogen-bond donors (Lipinski definition) is 2. The number of nitrogen functional groups attached to an aromatic ring is 1. The van der Waals surface area contributed by atoms with Gasteiger partial charge in [-0.05, 0) is 48.1 Å². The third kappa shape index (κ3) is 3.86. The first-order chi connectivity index (χ1) is 14.3. The van der Waals surface area contributed by atoms with Gasteiger partial charge in [0, 0.05) is 22.5 Å². The van der Waals surface area contributed by atoms with Crippen molar-refractivity contribution in [2.75, 3.05) is 11.1 Å². The van der Waals surface area contributed by atoms with Crippen LogP contribution in [-0.2, 0) is 0 Å². The highest BCUT2D eigenvalue weighted by molar-refractivity contribution is 6.32. The maximum Gasteiger partial charge on any atom is 0.196 e. The molecule has 2 aromatic rings. The van der Waals surface area contributed by atoms with Gasteiger partial charge in [-0.3, -0.25) is 9.59 Å². The van der Waals surface area contributed by atoms with Gasteiger partial charge in [-0.25, -0.2) is 0 Å². The van der Waals surface area contributed by atoms with Crippen molar-refractivity contribution >= 4 is 28.6 Å². The largest absolute Gasteiger partial charge is 0.398 e. The fourth-order valence-electron chi connectivity index (χ4n) is 4.02. The Labute approximate surface area is 178 Å². The van der Waals surface area contributed by atoms with Crippen LogP contribution >= 0.6 is 0 Å². The van der Waals surface area contributed by atoms with E-state index in [4.69, 9.17) is 5.73 Å². The molecule has 0 bridgehead atoms. The lowest BCUT2D eigenvalue weighted by Crippen LogP contribution is -2.23. The van der Waals surface area contributed by atoms with Crippen molar-refractivity contribution in [3.8, 4) is 0 Å². The fraction of sp³-hybridized carbons (Fsp3) is 0.231. The summed E-state index contributed by atoms with van der Waals surface area (Å²) < 4.78 is 0. The van der Waals surface area contributed by atoms with E-state index in [9.17, 15) is 9.59 Å². The maximum atomic E-state index is 13.1. The molecule has 2 aromatic carbocycles. The van der Waals surface area contributed by atoms with Crippen LogP contribution in [0.15, 0.2) is 72.9 Å². The van der Waals surface area contributed by atoms with Crippen molar-refractivity contribution in [2.24, 2.45) is 5.92 Å². The molecule has 1 aliphatic carbocycles. The number of Topliss-reactive ketones (excluding diaryl/α,β-unsaturated/α-hetero) is 2. The zero-order valence-electron chi connectivity index (χ0n) is 17.8. The zero-order chi connectivity index (χ0) is 22.0. The Morgan fingerprint density at radius 2 is 1.47 bits per heavy atom. The van der Waals surface area contributed by atoms with Gasteiger partial charge in [-0.2, -0.15) is 0 Å². The predicted molar refractivity (Wildman–Crippen MR) is 125 cm³/mol. The molecule has 154 valence electrons. The maximum absolute atomic E-state index is 13.1. The van der Waals surface area contributed by atoms with Gasteiger partial charge in [0.2, 0.25) is 0 Å². The number of anilines is 3. The number of ketones is 2. The lowest BCUT2D eigenvalue weighted by molar-refractivity contribution is 0.0982. The van der Waals surface area contributed by atoms with E-state index in [-0.39, 0.29) is 39.5 Å². The quantitative estimate of drug-likeness (QED) is 0.542. The van der Waals surface area contributed by atoms with E-state index in [1.54, 1.807) is 12.1 Å². The van der Waals surface area contributed by atoms with Crippen LogP contribution in [0.1, 0.15) is 59.4 Å². The van der Waals surface area contributed by atoms with E-state index in [1.807, 2.05) is 12.1 Å². The molecule has 3 N–H and O–H groups in total. The molecule has 0 aliphatic heterocycles. The van der Waals surface area contributed by atoms with E-state index in [0.29, 0.717) is 17.5 Å². The normalized spacial score (nSPS) is 14.5. The van der Waals surface area contributed by atoms with Crippen molar-refractivity contribution in [3.05, 3.63) is 89.5 Å². The molecule has 4 heteroatoms. The second-order valence-corrected chi connectivity index (χ2v) is 8.12. The summed E-state index contributed by atoms with van der Waals surface area (Å²) in [6, 6.07) is 11.5. The van der Waals surface area contributed by atoms with Gasteiger partial charge in [0.1, 0.15) is 0 Å². The van der Waals surface area contributed by atoms with Gasteiger partial charge in [0.05, 0.1) is 16.8 Å². The number of carbonyl (C=O) groups excluding carboxylic acids is 2. The number of nitrogens with two attached hydrogens (primary N) is 1. The van der Waals surface area contributed by atoms with E-state index < -0.39 is 0 Å². The van der Waals surface area contributed by atoms with Crippen LogP contribution in [0.5, 0.6) is 0 Å². The summed E-state index contributed by atoms with van der Waals surface area (Å²) in [6.45, 7) is 14.0. The Morgan fingerprint density at radius 3 is 2.00 bits per heavy atom. The van der Waals surface area contributed by atoms with Crippen molar-refractivity contribution in [1.29, 1.82) is 0 Å². The summed E-state index contributed by atoms with van der Waals surface area (Å²) in [6.07, 6.45) is 3.91. The number of carbonyl (C=O) groups is 2. The van der Waals surface area contributed by atoms with Gasteiger partial charge in [-0.1, -0.05) is 58.2 Å². The molecule has 4 nitrogen and oxygen atoms in total. The molecule has 0 heterocycles. The van der Waals surface area contributed by atoms with Crippen molar-refractivity contribution in [2.45, 2.75) is 33.1 Å². The summed E-state index contributed by atoms with van der Waals surface area (Å²) in [5.41, 5.74) is 9.96. The van der Waals surface area contributed by atoms with Gasteiger partial charge < -0.3 is 11.1 Å². The van der Waals surface area contributed by atoms with Crippen LogP contribution in [-0.4, -0.2) is 11.6 Å². The highest BCUT2D eigenvalue weighted by Crippen LogP contribution is 2.37. The van der Waals surface area contributed by atoms with Crippen molar-refractivity contribution in [3.63, 3.8) is 0 Å². The molecule has 0 saturated carbocycles. The minimum absolute atomic E-state index is 0.215. The molecule has 1 unspecified atom stereocenters. The molecular formula is C26H28N2O2. The highest BCUT2D eigenvalue weighted by Gasteiger charge is 2.33. The van der Waals surface area contributed by atoms with E-state index in [2.05, 4.69) is 51.4 Å². The number of allylic oxidation sites excluding steroid dienone is 4. The molecule has 0 spiro atoms. The first kappa shape index (κ1) is 21.3. The van der Waals surface area contributed by atoms with E-state index >= 15 is 0 Å². The third-order valence-corrected chi connectivity index (χ3v) is 5.46. The molecular weight excluding hydrogens is 372 g/mol. The fourth-order valence-corrected chi connectivity index (χ4v) is 4.02. The van der Waals surface area contributed by atoms with Crippen molar-refractivity contribution in [1.82, 2.24) is 0 Å². The van der Waals surface area contributed by atoms with Crippen molar-refractivity contribution < 1.29 is 9.59 Å². The van der Waals surface area contributed by atoms with E-state index in [0.717, 1.165) is 12.1 Å². The smallest absolute Gasteiger partial charge is 0.196 e. The monoisotopic (exact) mass is 400 g/mol. The summed E-state index contributed by atoms with van der Waals surface area (Å²) >= 11 is 0. The minimum atomic E-state index is -0.312. The van der Waals surface area contributed by atoms with Crippen LogP contribution in [0.2, 0.25) is 0 Å². The second-order valence-electron chi connectivity index (χ2n) is 8.12. The Kier molecular flexibility index (Phi) is 6.06. The Bertz CT molecular complexity index is 1060. The molecule has 0 amide bonds.